The van der Waals surface area contributed by atoms with Gasteiger partial charge in [0, 0.05) is 24.1 Å². The molecule has 3 aromatic rings. The van der Waals surface area contributed by atoms with Gasteiger partial charge in [0.25, 0.3) is 5.91 Å². The molecule has 1 amide bonds. The van der Waals surface area contributed by atoms with E-state index < -0.39 is 5.82 Å². The van der Waals surface area contributed by atoms with Crippen molar-refractivity contribution in [1.29, 1.82) is 0 Å². The Balaban J connectivity index is 1.68. The number of nitrogen functional groups attached to an aromatic ring is 1. The van der Waals surface area contributed by atoms with Gasteiger partial charge in [0.05, 0.1) is 6.33 Å². The number of nitrogens with two attached hydrogens (primary N) is 1. The molecule has 0 fully saturated rings. The lowest BCUT2D eigenvalue weighted by molar-refractivity contribution is 0.102. The Morgan fingerprint density at radius 1 is 1.22 bits per heavy atom. The number of imidazole rings is 1. The third-order valence-electron chi connectivity index (χ3n) is 3.29. The summed E-state index contributed by atoms with van der Waals surface area (Å²) in [6, 6.07) is 13.2. The van der Waals surface area contributed by atoms with Crippen LogP contribution >= 0.6 is 0 Å². The summed E-state index contributed by atoms with van der Waals surface area (Å²) in [7, 11) is 0. The van der Waals surface area contributed by atoms with E-state index in [1.54, 1.807) is 23.2 Å². The van der Waals surface area contributed by atoms with Crippen LogP contribution in [0.1, 0.15) is 16.1 Å². The molecule has 0 unspecified atom stereocenters. The van der Waals surface area contributed by atoms with Crippen LogP contribution in [0.5, 0.6) is 0 Å². The molecule has 0 aliphatic rings. The summed E-state index contributed by atoms with van der Waals surface area (Å²) in [5.74, 6) is -0.789. The highest BCUT2D eigenvalue weighted by Gasteiger charge is 2.10. The van der Waals surface area contributed by atoms with Crippen molar-refractivity contribution in [2.24, 2.45) is 0 Å². The molecular formula is C17H15FN4O. The lowest BCUT2D eigenvalue weighted by Gasteiger charge is -2.03. The number of anilines is 2. The fourth-order valence-corrected chi connectivity index (χ4v) is 2.16. The molecule has 0 atom stereocenters. The van der Waals surface area contributed by atoms with Crippen LogP contribution in [0.3, 0.4) is 0 Å². The summed E-state index contributed by atoms with van der Waals surface area (Å²) in [6.45, 7) is 0.584. The normalized spacial score (nSPS) is 10.5. The molecule has 1 aromatic heterocycles. The van der Waals surface area contributed by atoms with Gasteiger partial charge in [-0.05, 0) is 35.9 Å². The number of carbonyl (C=O) groups excluding carboxylic acids is 1. The number of nitrogens with one attached hydrogen (secondary N) is 1. The van der Waals surface area contributed by atoms with E-state index in [1.807, 2.05) is 24.3 Å². The topological polar surface area (TPSA) is 72.9 Å². The van der Waals surface area contributed by atoms with Gasteiger partial charge >= 0.3 is 0 Å². The van der Waals surface area contributed by atoms with Crippen LogP contribution in [-0.2, 0) is 6.54 Å². The third-order valence-corrected chi connectivity index (χ3v) is 3.29. The highest BCUT2D eigenvalue weighted by Crippen LogP contribution is 2.12. The molecule has 0 bridgehead atoms. The van der Waals surface area contributed by atoms with Crippen molar-refractivity contribution < 1.29 is 9.18 Å². The van der Waals surface area contributed by atoms with Crippen molar-refractivity contribution >= 4 is 17.3 Å². The molecule has 23 heavy (non-hydrogen) atoms. The zero-order chi connectivity index (χ0) is 16.2. The van der Waals surface area contributed by atoms with Gasteiger partial charge < -0.3 is 15.6 Å². The van der Waals surface area contributed by atoms with Gasteiger partial charge in [-0.1, -0.05) is 18.2 Å². The summed E-state index contributed by atoms with van der Waals surface area (Å²) in [5, 5.41) is 2.61. The molecule has 5 nitrogen and oxygen atoms in total. The maximum atomic E-state index is 13.1. The van der Waals surface area contributed by atoms with Gasteiger partial charge in [-0.15, -0.1) is 0 Å². The van der Waals surface area contributed by atoms with Gasteiger partial charge in [-0.2, -0.15) is 0 Å². The number of amides is 1. The first-order chi connectivity index (χ1) is 11.1. The molecule has 1 heterocycles. The number of hydrogen-bond donors (Lipinski definition) is 2. The molecule has 0 aliphatic carbocycles. The SMILES string of the molecule is Nc1ccc(Cn2cnc(C(=O)Nc3cccc(F)c3)c2)cc1. The predicted molar refractivity (Wildman–Crippen MR) is 86.5 cm³/mol. The van der Waals surface area contributed by atoms with Gasteiger partial charge in [-0.25, -0.2) is 9.37 Å². The van der Waals surface area contributed by atoms with E-state index in [9.17, 15) is 9.18 Å². The second-order valence-electron chi connectivity index (χ2n) is 5.14. The largest absolute Gasteiger partial charge is 0.399 e. The van der Waals surface area contributed by atoms with Crippen molar-refractivity contribution in [2.75, 3.05) is 11.1 Å². The number of carbonyl (C=O) groups is 1. The highest BCUT2D eigenvalue weighted by atomic mass is 19.1. The van der Waals surface area contributed by atoms with E-state index in [0.717, 1.165) is 5.56 Å². The standard InChI is InChI=1S/C17H15FN4O/c18-13-2-1-3-15(8-13)21-17(23)16-10-22(11-20-16)9-12-4-6-14(19)7-5-12/h1-8,10-11H,9,19H2,(H,21,23). The molecule has 0 aliphatic heterocycles. The van der Waals surface area contributed by atoms with Crippen LogP contribution in [0.15, 0.2) is 61.1 Å². The summed E-state index contributed by atoms with van der Waals surface area (Å²) in [5.41, 5.74) is 8.06. The van der Waals surface area contributed by atoms with Crippen LogP contribution in [-0.4, -0.2) is 15.5 Å². The number of aromatic nitrogens is 2. The van der Waals surface area contributed by atoms with E-state index in [2.05, 4.69) is 10.3 Å². The molecule has 6 heteroatoms. The Morgan fingerprint density at radius 2 is 2.00 bits per heavy atom. The Hall–Kier alpha value is -3.15. The lowest BCUT2D eigenvalue weighted by atomic mass is 10.2. The fourth-order valence-electron chi connectivity index (χ4n) is 2.16. The number of rotatable bonds is 4. The summed E-state index contributed by atoms with van der Waals surface area (Å²) in [6.07, 6.45) is 3.22. The molecule has 3 N–H and O–H groups in total. The first kappa shape index (κ1) is 14.8. The molecule has 116 valence electrons. The molecule has 0 saturated heterocycles. The average molecular weight is 310 g/mol. The average Bonchev–Trinajstić information content (AvgIpc) is 2.98. The Labute approximate surface area is 132 Å². The number of nitrogens with zero attached hydrogens (tertiary/aromatic N) is 2. The molecule has 2 aromatic carbocycles. The van der Waals surface area contributed by atoms with Crippen molar-refractivity contribution in [1.82, 2.24) is 9.55 Å². The molecule has 0 saturated carbocycles. The maximum Gasteiger partial charge on any atom is 0.275 e. The number of benzene rings is 2. The molecule has 0 radical (unpaired) electrons. The lowest BCUT2D eigenvalue weighted by Crippen LogP contribution is -2.12. The van der Waals surface area contributed by atoms with E-state index in [-0.39, 0.29) is 11.6 Å². The minimum absolute atomic E-state index is 0.268. The zero-order valence-electron chi connectivity index (χ0n) is 12.2. The van der Waals surface area contributed by atoms with Gasteiger partial charge in [0.15, 0.2) is 0 Å². The van der Waals surface area contributed by atoms with Gasteiger partial charge in [0.1, 0.15) is 11.5 Å². The quantitative estimate of drug-likeness (QED) is 0.728. The Kier molecular flexibility index (Phi) is 4.05. The van der Waals surface area contributed by atoms with Crippen molar-refractivity contribution in [2.45, 2.75) is 6.54 Å². The van der Waals surface area contributed by atoms with Crippen molar-refractivity contribution in [3.8, 4) is 0 Å². The van der Waals surface area contributed by atoms with Crippen LogP contribution in [0.2, 0.25) is 0 Å². The second-order valence-corrected chi connectivity index (χ2v) is 5.14. The van der Waals surface area contributed by atoms with E-state index in [0.29, 0.717) is 17.9 Å². The third kappa shape index (κ3) is 3.74. The van der Waals surface area contributed by atoms with Gasteiger partial charge in [0.2, 0.25) is 0 Å². The minimum atomic E-state index is -0.406. The zero-order valence-corrected chi connectivity index (χ0v) is 12.2. The molecule has 3 rings (SSSR count). The summed E-state index contributed by atoms with van der Waals surface area (Å²) in [4.78, 5) is 16.2. The first-order valence-electron chi connectivity index (χ1n) is 7.03. The highest BCUT2D eigenvalue weighted by molar-refractivity contribution is 6.02. The van der Waals surface area contributed by atoms with Crippen LogP contribution in [0.25, 0.3) is 0 Å². The smallest absolute Gasteiger partial charge is 0.275 e. The maximum absolute atomic E-state index is 13.1. The number of hydrogen-bond acceptors (Lipinski definition) is 3. The van der Waals surface area contributed by atoms with Crippen molar-refractivity contribution in [3.05, 3.63) is 78.1 Å². The monoisotopic (exact) mass is 310 g/mol. The fraction of sp³-hybridized carbons (Fsp3) is 0.0588. The summed E-state index contributed by atoms with van der Waals surface area (Å²) < 4.78 is 14.9. The second kappa shape index (κ2) is 6.31. The van der Waals surface area contributed by atoms with E-state index in [1.165, 1.54) is 18.2 Å². The molecule has 0 spiro atoms. The molecular weight excluding hydrogens is 295 g/mol. The van der Waals surface area contributed by atoms with Crippen molar-refractivity contribution in [3.63, 3.8) is 0 Å². The van der Waals surface area contributed by atoms with Gasteiger partial charge in [-0.3, -0.25) is 4.79 Å². The van der Waals surface area contributed by atoms with E-state index in [4.69, 9.17) is 5.73 Å². The van der Waals surface area contributed by atoms with E-state index >= 15 is 0 Å². The van der Waals surface area contributed by atoms with Crippen LogP contribution in [0, 0.1) is 5.82 Å². The minimum Gasteiger partial charge on any atom is -0.399 e. The summed E-state index contributed by atoms with van der Waals surface area (Å²) >= 11 is 0. The number of halogens is 1. The van der Waals surface area contributed by atoms with Crippen LogP contribution < -0.4 is 11.1 Å². The Bertz CT molecular complexity index is 827. The first-order valence-corrected chi connectivity index (χ1v) is 7.03. The van der Waals surface area contributed by atoms with Crippen LogP contribution in [0.4, 0.5) is 15.8 Å². The predicted octanol–water partition coefficient (Wildman–Crippen LogP) is 2.91. The Morgan fingerprint density at radius 3 is 2.74 bits per heavy atom.